The van der Waals surface area contributed by atoms with Gasteiger partial charge in [-0.15, -0.1) is 0 Å². The van der Waals surface area contributed by atoms with Crippen LogP contribution in [-0.4, -0.2) is 16.6 Å². The van der Waals surface area contributed by atoms with Crippen LogP contribution in [0.25, 0.3) is 0 Å². The third-order valence-corrected chi connectivity index (χ3v) is 3.48. The van der Waals surface area contributed by atoms with E-state index in [9.17, 15) is 4.79 Å². The van der Waals surface area contributed by atoms with Crippen LogP contribution in [0.2, 0.25) is 0 Å². The standard InChI is InChI=1S/C10H20O2.C6H15N/c1-2-3-4-5-6-7-8-9-10(11)12;1-5(2)6(3,4)7/h2-9H2,1H3,(H,11,12);5H,7H2,1-4H3. The SMILES string of the molecule is CC(C)C(C)(C)N.CCCCCCCCCC(=O)O. The van der Waals surface area contributed by atoms with Gasteiger partial charge in [0.2, 0.25) is 0 Å². The van der Waals surface area contributed by atoms with Gasteiger partial charge in [0, 0.05) is 12.0 Å². The minimum Gasteiger partial charge on any atom is -0.481 e. The summed E-state index contributed by atoms with van der Waals surface area (Å²) >= 11 is 0. The summed E-state index contributed by atoms with van der Waals surface area (Å²) in [6, 6.07) is 0. The summed E-state index contributed by atoms with van der Waals surface area (Å²) in [4.78, 5) is 10.1. The van der Waals surface area contributed by atoms with E-state index in [0.717, 1.165) is 12.8 Å². The number of hydrogen-bond donors (Lipinski definition) is 2. The largest absolute Gasteiger partial charge is 0.481 e. The number of rotatable bonds is 9. The molecular formula is C16H35NO2. The molecule has 3 nitrogen and oxygen atoms in total. The van der Waals surface area contributed by atoms with Crippen molar-refractivity contribution < 1.29 is 9.90 Å². The molecule has 0 unspecified atom stereocenters. The molecule has 0 aromatic carbocycles. The van der Waals surface area contributed by atoms with Gasteiger partial charge in [-0.1, -0.05) is 59.3 Å². The summed E-state index contributed by atoms with van der Waals surface area (Å²) < 4.78 is 0. The second kappa shape index (κ2) is 12.5. The Balaban J connectivity index is 0. The Morgan fingerprint density at radius 2 is 1.42 bits per heavy atom. The quantitative estimate of drug-likeness (QED) is 0.604. The molecule has 0 amide bonds. The molecule has 0 bridgehead atoms. The highest BCUT2D eigenvalue weighted by atomic mass is 16.4. The van der Waals surface area contributed by atoms with Crippen LogP contribution in [-0.2, 0) is 4.79 Å². The lowest BCUT2D eigenvalue weighted by Gasteiger charge is -2.22. The molecule has 0 aromatic heterocycles. The molecule has 0 aliphatic heterocycles. The Bertz CT molecular complexity index is 207. The van der Waals surface area contributed by atoms with Gasteiger partial charge in [-0.3, -0.25) is 4.79 Å². The number of nitrogens with two attached hydrogens (primary N) is 1. The van der Waals surface area contributed by atoms with Gasteiger partial charge in [0.25, 0.3) is 0 Å². The first kappa shape index (κ1) is 20.7. The smallest absolute Gasteiger partial charge is 0.303 e. The monoisotopic (exact) mass is 273 g/mol. The van der Waals surface area contributed by atoms with Crippen LogP contribution in [0.4, 0.5) is 0 Å². The lowest BCUT2D eigenvalue weighted by molar-refractivity contribution is -0.137. The van der Waals surface area contributed by atoms with Gasteiger partial charge in [-0.25, -0.2) is 0 Å². The van der Waals surface area contributed by atoms with E-state index in [1.54, 1.807) is 0 Å². The van der Waals surface area contributed by atoms with E-state index < -0.39 is 5.97 Å². The van der Waals surface area contributed by atoms with E-state index in [-0.39, 0.29) is 5.54 Å². The normalized spacial score (nSPS) is 11.1. The topological polar surface area (TPSA) is 63.3 Å². The summed E-state index contributed by atoms with van der Waals surface area (Å²) in [6.07, 6.45) is 8.64. The fraction of sp³-hybridized carbons (Fsp3) is 0.938. The highest BCUT2D eigenvalue weighted by Crippen LogP contribution is 2.09. The first-order valence-electron chi connectivity index (χ1n) is 7.72. The zero-order chi connectivity index (χ0) is 15.3. The molecule has 0 aliphatic carbocycles. The van der Waals surface area contributed by atoms with E-state index >= 15 is 0 Å². The van der Waals surface area contributed by atoms with Crippen molar-refractivity contribution in [3.05, 3.63) is 0 Å². The van der Waals surface area contributed by atoms with Crippen LogP contribution in [0, 0.1) is 5.92 Å². The molecular weight excluding hydrogens is 238 g/mol. The number of aliphatic carboxylic acids is 1. The van der Waals surface area contributed by atoms with Crippen molar-refractivity contribution in [2.75, 3.05) is 0 Å². The van der Waals surface area contributed by atoms with Gasteiger partial charge in [-0.05, 0) is 26.2 Å². The van der Waals surface area contributed by atoms with E-state index in [1.165, 1.54) is 32.1 Å². The molecule has 0 aromatic rings. The third kappa shape index (κ3) is 19.9. The van der Waals surface area contributed by atoms with Crippen LogP contribution in [0.1, 0.15) is 86.0 Å². The van der Waals surface area contributed by atoms with E-state index in [1.807, 2.05) is 13.8 Å². The highest BCUT2D eigenvalue weighted by molar-refractivity contribution is 5.66. The summed E-state index contributed by atoms with van der Waals surface area (Å²) in [6.45, 7) is 10.5. The third-order valence-electron chi connectivity index (χ3n) is 3.48. The fourth-order valence-electron chi connectivity index (χ4n) is 1.23. The molecule has 3 heteroatoms. The van der Waals surface area contributed by atoms with Crippen LogP contribution < -0.4 is 5.73 Å². The number of carboxylic acid groups (broad SMARTS) is 1. The number of carbonyl (C=O) groups is 1. The summed E-state index contributed by atoms with van der Waals surface area (Å²) in [5.74, 6) is -0.0870. The van der Waals surface area contributed by atoms with Gasteiger partial charge in [0.05, 0.1) is 0 Å². The maximum absolute atomic E-state index is 10.1. The Morgan fingerprint density at radius 3 is 1.74 bits per heavy atom. The number of carboxylic acids is 1. The molecule has 0 aliphatic rings. The molecule has 19 heavy (non-hydrogen) atoms. The average molecular weight is 273 g/mol. The molecule has 0 atom stereocenters. The average Bonchev–Trinajstić information content (AvgIpc) is 2.27. The molecule has 0 saturated heterocycles. The van der Waals surface area contributed by atoms with Gasteiger partial charge >= 0.3 is 5.97 Å². The van der Waals surface area contributed by atoms with Crippen LogP contribution >= 0.6 is 0 Å². The molecule has 0 rings (SSSR count). The predicted octanol–water partition coefficient (Wildman–Crippen LogP) is 4.59. The van der Waals surface area contributed by atoms with E-state index in [0.29, 0.717) is 12.3 Å². The van der Waals surface area contributed by atoms with Gasteiger partial charge in [-0.2, -0.15) is 0 Å². The highest BCUT2D eigenvalue weighted by Gasteiger charge is 2.14. The predicted molar refractivity (Wildman–Crippen MR) is 83.4 cm³/mol. The molecule has 0 spiro atoms. The van der Waals surface area contributed by atoms with Crippen LogP contribution in [0.3, 0.4) is 0 Å². The van der Waals surface area contributed by atoms with Crippen molar-refractivity contribution >= 4 is 5.97 Å². The number of hydrogen-bond acceptors (Lipinski definition) is 2. The summed E-state index contributed by atoms with van der Waals surface area (Å²) in [5, 5.41) is 8.35. The minimum atomic E-state index is -0.663. The second-order valence-electron chi connectivity index (χ2n) is 6.24. The van der Waals surface area contributed by atoms with Crippen molar-refractivity contribution in [2.24, 2.45) is 11.7 Å². The maximum Gasteiger partial charge on any atom is 0.303 e. The zero-order valence-electron chi connectivity index (χ0n) is 13.7. The first-order valence-corrected chi connectivity index (χ1v) is 7.72. The van der Waals surface area contributed by atoms with E-state index in [2.05, 4.69) is 20.8 Å². The molecule has 0 radical (unpaired) electrons. The molecule has 0 heterocycles. The molecule has 116 valence electrons. The zero-order valence-corrected chi connectivity index (χ0v) is 13.7. The minimum absolute atomic E-state index is 0. The summed E-state index contributed by atoms with van der Waals surface area (Å²) in [7, 11) is 0. The Hall–Kier alpha value is -0.570. The van der Waals surface area contributed by atoms with Crippen molar-refractivity contribution in [1.29, 1.82) is 0 Å². The molecule has 0 fully saturated rings. The second-order valence-corrected chi connectivity index (χ2v) is 6.24. The van der Waals surface area contributed by atoms with Crippen molar-refractivity contribution in [3.63, 3.8) is 0 Å². The van der Waals surface area contributed by atoms with E-state index in [4.69, 9.17) is 10.8 Å². The lowest BCUT2D eigenvalue weighted by Crippen LogP contribution is -2.37. The Labute approximate surface area is 120 Å². The number of unbranched alkanes of at least 4 members (excludes halogenated alkanes) is 6. The molecule has 0 saturated carbocycles. The van der Waals surface area contributed by atoms with Crippen molar-refractivity contribution in [2.45, 2.75) is 91.5 Å². The maximum atomic E-state index is 10.1. The van der Waals surface area contributed by atoms with Crippen LogP contribution in [0.15, 0.2) is 0 Å². The fourth-order valence-corrected chi connectivity index (χ4v) is 1.23. The summed E-state index contributed by atoms with van der Waals surface area (Å²) in [5.41, 5.74) is 5.68. The van der Waals surface area contributed by atoms with Gasteiger partial charge in [0.1, 0.15) is 0 Å². The Kier molecular flexibility index (Phi) is 13.6. The van der Waals surface area contributed by atoms with Crippen LogP contribution in [0.5, 0.6) is 0 Å². The van der Waals surface area contributed by atoms with Crippen molar-refractivity contribution in [1.82, 2.24) is 0 Å². The lowest BCUT2D eigenvalue weighted by atomic mass is 9.92. The molecule has 3 N–H and O–H groups in total. The van der Waals surface area contributed by atoms with Gasteiger partial charge < -0.3 is 10.8 Å². The van der Waals surface area contributed by atoms with Gasteiger partial charge in [0.15, 0.2) is 0 Å². The van der Waals surface area contributed by atoms with Crippen molar-refractivity contribution in [3.8, 4) is 0 Å². The first-order chi connectivity index (χ1) is 8.71. The Morgan fingerprint density at radius 1 is 1.05 bits per heavy atom.